The van der Waals surface area contributed by atoms with E-state index in [9.17, 15) is 26.4 Å². The number of benzene rings is 3. The van der Waals surface area contributed by atoms with Crippen molar-refractivity contribution in [3.05, 3.63) is 89.7 Å². The zero-order valence-corrected chi connectivity index (χ0v) is 15.5. The summed E-state index contributed by atoms with van der Waals surface area (Å²) in [6, 6.07) is 12.5. The largest absolute Gasteiger partial charge is 0.343 e. The Bertz CT molecular complexity index is 1210. The molecular formula is C20H13F3N2O3S. The Balaban J connectivity index is 1.85. The molecule has 1 aliphatic heterocycles. The van der Waals surface area contributed by atoms with Crippen LogP contribution in [0.5, 0.6) is 0 Å². The average Bonchev–Trinajstić information content (AvgIpc) is 2.69. The first-order valence-corrected chi connectivity index (χ1v) is 9.88. The molecule has 0 radical (unpaired) electrons. The van der Waals surface area contributed by atoms with E-state index < -0.39 is 33.5 Å². The van der Waals surface area contributed by atoms with Gasteiger partial charge in [-0.15, -0.1) is 0 Å². The molecule has 0 aromatic heterocycles. The molecule has 1 aliphatic rings. The zero-order valence-electron chi connectivity index (χ0n) is 14.7. The number of hydrogen-bond acceptors (Lipinski definition) is 3. The molecule has 1 heterocycles. The van der Waals surface area contributed by atoms with Crippen LogP contribution < -0.4 is 9.21 Å². The van der Waals surface area contributed by atoms with Crippen molar-refractivity contribution < 1.29 is 26.4 Å². The molecule has 9 heteroatoms. The monoisotopic (exact) mass is 418 g/mol. The molecular weight excluding hydrogens is 405 g/mol. The van der Waals surface area contributed by atoms with Crippen LogP contribution in [-0.2, 0) is 16.6 Å². The Morgan fingerprint density at radius 1 is 0.828 bits per heavy atom. The van der Waals surface area contributed by atoms with Crippen molar-refractivity contribution in [2.75, 3.05) is 9.21 Å². The minimum atomic E-state index is -4.25. The van der Waals surface area contributed by atoms with E-state index in [0.717, 1.165) is 29.2 Å². The number of carbonyl (C=O) groups excluding carboxylic acids is 1. The first-order valence-electron chi connectivity index (χ1n) is 8.44. The number of sulfonamides is 1. The van der Waals surface area contributed by atoms with E-state index in [0.29, 0.717) is 4.31 Å². The van der Waals surface area contributed by atoms with Gasteiger partial charge in [0.15, 0.2) is 11.6 Å². The van der Waals surface area contributed by atoms with Gasteiger partial charge in [-0.05, 0) is 54.1 Å². The summed E-state index contributed by atoms with van der Waals surface area (Å²) >= 11 is 0. The minimum Gasteiger partial charge on any atom is -0.287 e. The van der Waals surface area contributed by atoms with Crippen molar-refractivity contribution in [3.8, 4) is 0 Å². The average molecular weight is 418 g/mol. The predicted molar refractivity (Wildman–Crippen MR) is 100 cm³/mol. The van der Waals surface area contributed by atoms with Gasteiger partial charge in [0.2, 0.25) is 0 Å². The topological polar surface area (TPSA) is 57.7 Å². The molecule has 0 saturated heterocycles. The summed E-state index contributed by atoms with van der Waals surface area (Å²) in [5.41, 5.74) is 0.340. The number of hydrogen-bond donors (Lipinski definition) is 0. The fourth-order valence-corrected chi connectivity index (χ4v) is 4.70. The van der Waals surface area contributed by atoms with Crippen molar-refractivity contribution >= 4 is 27.4 Å². The number of rotatable bonds is 3. The van der Waals surface area contributed by atoms with Gasteiger partial charge in [-0.1, -0.05) is 18.2 Å². The van der Waals surface area contributed by atoms with Crippen molar-refractivity contribution in [3.63, 3.8) is 0 Å². The third-order valence-corrected chi connectivity index (χ3v) is 6.21. The molecule has 5 nitrogen and oxygen atoms in total. The Labute approximate surface area is 164 Å². The van der Waals surface area contributed by atoms with E-state index in [1.165, 1.54) is 36.4 Å². The summed E-state index contributed by atoms with van der Waals surface area (Å²) in [5, 5.41) is 0. The normalized spacial score (nSPS) is 15.3. The second-order valence-electron chi connectivity index (χ2n) is 6.33. The van der Waals surface area contributed by atoms with Crippen LogP contribution in [-0.4, -0.2) is 14.4 Å². The van der Waals surface area contributed by atoms with E-state index in [1.807, 2.05) is 0 Å². The van der Waals surface area contributed by atoms with Crippen LogP contribution in [0.25, 0.3) is 0 Å². The van der Waals surface area contributed by atoms with E-state index in [2.05, 4.69) is 0 Å². The molecule has 0 N–H and O–H groups in total. The highest BCUT2D eigenvalue weighted by molar-refractivity contribution is 7.94. The summed E-state index contributed by atoms with van der Waals surface area (Å²) in [7, 11) is -4.25. The lowest BCUT2D eigenvalue weighted by Gasteiger charge is -2.36. The van der Waals surface area contributed by atoms with Crippen LogP contribution in [0.15, 0.2) is 71.6 Å². The van der Waals surface area contributed by atoms with Crippen molar-refractivity contribution in [2.24, 2.45) is 0 Å². The van der Waals surface area contributed by atoms with Crippen molar-refractivity contribution in [1.82, 2.24) is 0 Å². The van der Waals surface area contributed by atoms with Gasteiger partial charge in [-0.25, -0.2) is 26.4 Å². The van der Waals surface area contributed by atoms with Gasteiger partial charge in [0.25, 0.3) is 10.0 Å². The fraction of sp³-hybridized carbons (Fsp3) is 0.0500. The summed E-state index contributed by atoms with van der Waals surface area (Å²) in [5.74, 6) is -2.70. The Morgan fingerprint density at radius 2 is 1.52 bits per heavy atom. The molecule has 0 unspecified atom stereocenters. The number of fused-ring (bicyclic) bond motifs is 1. The molecule has 2 amide bonds. The molecule has 148 valence electrons. The summed E-state index contributed by atoms with van der Waals surface area (Å²) < 4.78 is 66.8. The Kier molecular flexibility index (Phi) is 4.54. The summed E-state index contributed by atoms with van der Waals surface area (Å²) in [6.45, 7) is -0.194. The number of anilines is 2. The van der Waals surface area contributed by atoms with Gasteiger partial charge in [0.1, 0.15) is 10.7 Å². The highest BCUT2D eigenvalue weighted by Crippen LogP contribution is 2.37. The molecule has 0 spiro atoms. The lowest BCUT2D eigenvalue weighted by Crippen LogP contribution is -2.50. The van der Waals surface area contributed by atoms with Gasteiger partial charge in [-0.2, -0.15) is 4.31 Å². The second kappa shape index (κ2) is 6.93. The zero-order chi connectivity index (χ0) is 20.8. The number of nitrogens with zero attached hydrogens (tertiary/aromatic N) is 2. The van der Waals surface area contributed by atoms with Crippen LogP contribution in [0, 0.1) is 17.5 Å². The third-order valence-electron chi connectivity index (χ3n) is 4.46. The van der Waals surface area contributed by atoms with Crippen molar-refractivity contribution in [1.29, 1.82) is 0 Å². The molecule has 0 fully saturated rings. The van der Waals surface area contributed by atoms with E-state index in [-0.39, 0.29) is 28.4 Å². The van der Waals surface area contributed by atoms with Crippen LogP contribution in [0.1, 0.15) is 5.56 Å². The Hall–Kier alpha value is -3.33. The van der Waals surface area contributed by atoms with Gasteiger partial charge in [0.05, 0.1) is 17.9 Å². The van der Waals surface area contributed by atoms with E-state index in [4.69, 9.17) is 0 Å². The van der Waals surface area contributed by atoms with E-state index in [1.54, 1.807) is 6.07 Å². The van der Waals surface area contributed by atoms with E-state index >= 15 is 0 Å². The van der Waals surface area contributed by atoms with Crippen molar-refractivity contribution in [2.45, 2.75) is 11.4 Å². The van der Waals surface area contributed by atoms with Crippen LogP contribution in [0.4, 0.5) is 29.3 Å². The quantitative estimate of drug-likeness (QED) is 0.632. The highest BCUT2D eigenvalue weighted by atomic mass is 32.2. The number of amides is 2. The molecule has 4 rings (SSSR count). The number of urea groups is 1. The third kappa shape index (κ3) is 3.23. The molecule has 3 aromatic carbocycles. The van der Waals surface area contributed by atoms with Crippen LogP contribution in [0.3, 0.4) is 0 Å². The molecule has 3 aromatic rings. The Morgan fingerprint density at radius 3 is 2.21 bits per heavy atom. The predicted octanol–water partition coefficient (Wildman–Crippen LogP) is 4.44. The van der Waals surface area contributed by atoms with Gasteiger partial charge in [-0.3, -0.25) is 4.90 Å². The van der Waals surface area contributed by atoms with Gasteiger partial charge < -0.3 is 0 Å². The minimum absolute atomic E-state index is 0.0406. The van der Waals surface area contributed by atoms with Crippen LogP contribution in [0.2, 0.25) is 0 Å². The smallest absolute Gasteiger partial charge is 0.287 e. The molecule has 0 saturated carbocycles. The number of halogens is 3. The molecule has 0 bridgehead atoms. The summed E-state index contributed by atoms with van der Waals surface area (Å²) in [4.78, 5) is 14.2. The molecule has 0 atom stereocenters. The fourth-order valence-electron chi connectivity index (χ4n) is 3.11. The molecule has 0 aliphatic carbocycles. The first kappa shape index (κ1) is 19.0. The number of carbonyl (C=O) groups is 1. The maximum absolute atomic E-state index is 13.6. The standard InChI is InChI=1S/C20H13F3N2O3S/c21-14-6-8-15(9-7-14)25-20(26)24(12-13-5-10-16(22)17(23)11-13)18-3-1-2-4-19(18)29(25,27)28/h1-11H,12H2. The lowest BCUT2D eigenvalue weighted by atomic mass is 10.2. The van der Waals surface area contributed by atoms with Gasteiger partial charge in [0, 0.05) is 0 Å². The van der Waals surface area contributed by atoms with Crippen LogP contribution >= 0.6 is 0 Å². The first-order chi connectivity index (χ1) is 13.8. The van der Waals surface area contributed by atoms with Gasteiger partial charge >= 0.3 is 6.03 Å². The lowest BCUT2D eigenvalue weighted by molar-refractivity contribution is 0.253. The second-order valence-corrected chi connectivity index (χ2v) is 8.09. The maximum atomic E-state index is 13.6. The maximum Gasteiger partial charge on any atom is 0.343 e. The molecule has 29 heavy (non-hydrogen) atoms. The SMILES string of the molecule is O=C1N(Cc2ccc(F)c(F)c2)c2ccccc2S(=O)(=O)N1c1ccc(F)cc1. The summed E-state index contributed by atoms with van der Waals surface area (Å²) in [6.07, 6.45) is 0. The highest BCUT2D eigenvalue weighted by Gasteiger charge is 2.42. The number of para-hydroxylation sites is 1.